The first-order valence-electron chi connectivity index (χ1n) is 10.8. The third-order valence-electron chi connectivity index (χ3n) is 5.30. The molecule has 0 saturated heterocycles. The fraction of sp³-hybridized carbons (Fsp3) is 0.231. The molecule has 0 spiro atoms. The Morgan fingerprint density at radius 1 is 0.909 bits per heavy atom. The topological polar surface area (TPSA) is 81.9 Å². The smallest absolute Gasteiger partial charge is 0.251 e. The lowest BCUT2D eigenvalue weighted by atomic mass is 10.1. The van der Waals surface area contributed by atoms with Crippen LogP contribution in [0.1, 0.15) is 33.9 Å². The van der Waals surface area contributed by atoms with Crippen LogP contribution in [0.15, 0.2) is 54.6 Å². The molecule has 0 bridgehead atoms. The minimum atomic E-state index is -0.116. The van der Waals surface area contributed by atoms with E-state index in [-0.39, 0.29) is 12.3 Å². The van der Waals surface area contributed by atoms with E-state index in [4.69, 9.17) is 4.74 Å². The Morgan fingerprint density at radius 3 is 2.27 bits per heavy atom. The molecule has 1 N–H and O–H groups in total. The number of rotatable bonds is 6. The number of aryl methyl sites for hydroxylation is 4. The summed E-state index contributed by atoms with van der Waals surface area (Å²) in [7, 11) is 0. The first-order valence-corrected chi connectivity index (χ1v) is 10.8. The van der Waals surface area contributed by atoms with Gasteiger partial charge in [0.15, 0.2) is 0 Å². The normalized spacial score (nSPS) is 10.8. The van der Waals surface area contributed by atoms with Gasteiger partial charge in [-0.05, 0) is 82.6 Å². The fourth-order valence-electron chi connectivity index (χ4n) is 3.71. The largest absolute Gasteiger partial charge is 0.457 e. The quantitative estimate of drug-likeness (QED) is 0.446. The van der Waals surface area contributed by atoms with Gasteiger partial charge in [0, 0.05) is 28.3 Å². The molecule has 0 aliphatic heterocycles. The minimum Gasteiger partial charge on any atom is -0.457 e. The van der Waals surface area contributed by atoms with Crippen LogP contribution in [0, 0.1) is 34.6 Å². The van der Waals surface area contributed by atoms with Crippen molar-refractivity contribution in [3.8, 4) is 17.4 Å². The van der Waals surface area contributed by atoms with Gasteiger partial charge >= 0.3 is 0 Å². The van der Waals surface area contributed by atoms with Crippen LogP contribution >= 0.6 is 0 Å². The summed E-state index contributed by atoms with van der Waals surface area (Å²) < 4.78 is 7.58. The summed E-state index contributed by atoms with van der Waals surface area (Å²) in [4.78, 5) is 21.7. The lowest BCUT2D eigenvalue weighted by molar-refractivity contribution is -0.115. The van der Waals surface area contributed by atoms with Gasteiger partial charge in [0.2, 0.25) is 5.91 Å². The first kappa shape index (κ1) is 22.2. The molecule has 0 aliphatic rings. The highest BCUT2D eigenvalue weighted by Gasteiger charge is 2.18. The number of amides is 1. The number of ether oxygens (including phenoxy) is 1. The fourth-order valence-corrected chi connectivity index (χ4v) is 3.71. The summed E-state index contributed by atoms with van der Waals surface area (Å²) in [5, 5.41) is 7.53. The van der Waals surface area contributed by atoms with Gasteiger partial charge < -0.3 is 10.1 Å². The molecule has 1 amide bonds. The SMILES string of the molecule is Cc1cccc(Oc2ccc(NC(=O)Cc3c(C)nn(-c4nc(C)cc(C)n4)c3C)cc2)c1. The minimum absolute atomic E-state index is 0.116. The van der Waals surface area contributed by atoms with E-state index in [1.54, 1.807) is 4.68 Å². The van der Waals surface area contributed by atoms with Crippen LogP contribution in [0.25, 0.3) is 5.95 Å². The van der Waals surface area contributed by atoms with Gasteiger partial charge in [-0.3, -0.25) is 4.79 Å². The Hall–Kier alpha value is -4.00. The zero-order valence-electron chi connectivity index (χ0n) is 19.5. The number of hydrogen-bond acceptors (Lipinski definition) is 5. The van der Waals surface area contributed by atoms with Crippen molar-refractivity contribution in [2.45, 2.75) is 41.0 Å². The molecule has 0 radical (unpaired) electrons. The van der Waals surface area contributed by atoms with Crippen molar-refractivity contribution < 1.29 is 9.53 Å². The molecule has 7 nitrogen and oxygen atoms in total. The van der Waals surface area contributed by atoms with Crippen molar-refractivity contribution in [2.24, 2.45) is 0 Å². The number of aromatic nitrogens is 4. The van der Waals surface area contributed by atoms with Crippen molar-refractivity contribution >= 4 is 11.6 Å². The number of nitrogens with zero attached hydrogens (tertiary/aromatic N) is 4. The molecule has 2 heterocycles. The van der Waals surface area contributed by atoms with Crippen LogP contribution in [-0.2, 0) is 11.2 Å². The zero-order chi connectivity index (χ0) is 23.5. The van der Waals surface area contributed by atoms with Gasteiger partial charge in [-0.15, -0.1) is 0 Å². The van der Waals surface area contributed by atoms with Crippen LogP contribution in [0.3, 0.4) is 0 Å². The predicted octanol–water partition coefficient (Wildman–Crippen LogP) is 5.18. The number of nitrogens with one attached hydrogen (secondary N) is 1. The average Bonchev–Trinajstić information content (AvgIpc) is 3.03. The van der Waals surface area contributed by atoms with E-state index in [2.05, 4.69) is 20.4 Å². The van der Waals surface area contributed by atoms with E-state index in [0.29, 0.717) is 17.4 Å². The zero-order valence-corrected chi connectivity index (χ0v) is 19.5. The van der Waals surface area contributed by atoms with Crippen molar-refractivity contribution in [3.63, 3.8) is 0 Å². The summed E-state index contributed by atoms with van der Waals surface area (Å²) in [6.07, 6.45) is 0.212. The Bertz CT molecular complexity index is 1290. The number of carbonyl (C=O) groups excluding carboxylic acids is 1. The molecule has 7 heteroatoms. The van der Waals surface area contributed by atoms with Gasteiger partial charge in [0.05, 0.1) is 12.1 Å². The maximum absolute atomic E-state index is 12.7. The number of carbonyl (C=O) groups is 1. The Balaban J connectivity index is 1.44. The predicted molar refractivity (Wildman–Crippen MR) is 128 cm³/mol. The van der Waals surface area contributed by atoms with Crippen LogP contribution in [0.4, 0.5) is 5.69 Å². The van der Waals surface area contributed by atoms with E-state index in [9.17, 15) is 4.79 Å². The highest BCUT2D eigenvalue weighted by Crippen LogP contribution is 2.24. The molecular formula is C26H27N5O2. The summed E-state index contributed by atoms with van der Waals surface area (Å²) in [5.74, 6) is 1.89. The number of hydrogen-bond donors (Lipinski definition) is 1. The molecule has 0 fully saturated rings. The van der Waals surface area contributed by atoms with Gasteiger partial charge in [0.1, 0.15) is 11.5 Å². The summed E-state index contributed by atoms with van der Waals surface area (Å²) in [5.41, 5.74) is 6.10. The Morgan fingerprint density at radius 2 is 1.61 bits per heavy atom. The number of anilines is 1. The van der Waals surface area contributed by atoms with E-state index in [0.717, 1.165) is 39.7 Å². The monoisotopic (exact) mass is 441 g/mol. The van der Waals surface area contributed by atoms with E-state index in [1.165, 1.54) is 0 Å². The molecule has 0 saturated carbocycles. The van der Waals surface area contributed by atoms with E-state index < -0.39 is 0 Å². The Labute approximate surface area is 193 Å². The van der Waals surface area contributed by atoms with Gasteiger partial charge in [-0.2, -0.15) is 5.10 Å². The molecule has 0 unspecified atom stereocenters. The molecule has 0 atom stereocenters. The van der Waals surface area contributed by atoms with E-state index in [1.807, 2.05) is 89.2 Å². The maximum atomic E-state index is 12.7. The highest BCUT2D eigenvalue weighted by atomic mass is 16.5. The van der Waals surface area contributed by atoms with Crippen molar-refractivity contribution in [3.05, 3.63) is 88.5 Å². The van der Waals surface area contributed by atoms with Gasteiger partial charge in [-0.25, -0.2) is 14.6 Å². The van der Waals surface area contributed by atoms with Crippen molar-refractivity contribution in [1.82, 2.24) is 19.7 Å². The maximum Gasteiger partial charge on any atom is 0.251 e. The average molecular weight is 442 g/mol. The van der Waals surface area contributed by atoms with Crippen molar-refractivity contribution in [2.75, 3.05) is 5.32 Å². The molecule has 0 aliphatic carbocycles. The molecular weight excluding hydrogens is 414 g/mol. The first-order chi connectivity index (χ1) is 15.8. The number of benzene rings is 2. The molecule has 4 aromatic rings. The summed E-state index contributed by atoms with van der Waals surface area (Å²) in [6, 6.07) is 17.1. The molecule has 168 valence electrons. The highest BCUT2D eigenvalue weighted by molar-refractivity contribution is 5.92. The molecule has 33 heavy (non-hydrogen) atoms. The Kier molecular flexibility index (Phi) is 6.22. The van der Waals surface area contributed by atoms with Crippen LogP contribution in [-0.4, -0.2) is 25.7 Å². The van der Waals surface area contributed by atoms with Crippen molar-refractivity contribution in [1.29, 1.82) is 0 Å². The summed E-state index contributed by atoms with van der Waals surface area (Å²) in [6.45, 7) is 9.70. The molecule has 4 rings (SSSR count). The van der Waals surface area contributed by atoms with Gasteiger partial charge in [0.25, 0.3) is 5.95 Å². The summed E-state index contributed by atoms with van der Waals surface area (Å²) >= 11 is 0. The third kappa shape index (κ3) is 5.26. The second-order valence-electron chi connectivity index (χ2n) is 8.18. The molecule has 2 aromatic carbocycles. The lowest BCUT2D eigenvalue weighted by Gasteiger charge is -2.09. The second-order valence-corrected chi connectivity index (χ2v) is 8.18. The lowest BCUT2D eigenvalue weighted by Crippen LogP contribution is -2.15. The van der Waals surface area contributed by atoms with Gasteiger partial charge in [-0.1, -0.05) is 12.1 Å². The van der Waals surface area contributed by atoms with E-state index >= 15 is 0 Å². The van der Waals surface area contributed by atoms with Crippen LogP contribution in [0.2, 0.25) is 0 Å². The standard InChI is InChI=1S/C26H27N5O2/c1-16-7-6-8-23(13-16)33-22-11-9-21(10-12-22)29-25(32)15-24-19(4)30-31(20(24)5)26-27-17(2)14-18(3)28-26/h6-14H,15H2,1-5H3,(H,29,32). The second kappa shape index (κ2) is 9.24. The van der Waals surface area contributed by atoms with Crippen LogP contribution < -0.4 is 10.1 Å². The van der Waals surface area contributed by atoms with Crippen LogP contribution in [0.5, 0.6) is 11.5 Å². The molecule has 2 aromatic heterocycles. The third-order valence-corrected chi connectivity index (χ3v) is 5.30.